The summed E-state index contributed by atoms with van der Waals surface area (Å²) in [4.78, 5) is 17.5. The van der Waals surface area contributed by atoms with E-state index in [0.29, 0.717) is 22.3 Å². The molecule has 7 nitrogen and oxygen atoms in total. The number of imidazole rings is 1. The molecule has 1 aliphatic heterocycles. The zero-order valence-electron chi connectivity index (χ0n) is 17.0. The van der Waals surface area contributed by atoms with Crippen molar-refractivity contribution in [2.45, 2.75) is 48.4 Å². The lowest BCUT2D eigenvalue weighted by atomic mass is 9.74. The maximum atomic E-state index is 6.53. The van der Waals surface area contributed by atoms with Crippen LogP contribution >= 0.6 is 23.4 Å². The number of fused-ring (bicyclic) bond motifs is 1. The van der Waals surface area contributed by atoms with E-state index in [2.05, 4.69) is 26.2 Å². The summed E-state index contributed by atoms with van der Waals surface area (Å²) in [5.74, 6) is 1.99. The average Bonchev–Trinajstić information content (AvgIpc) is 3.32. The number of hydrogen-bond donors (Lipinski definition) is 2. The molecule has 3 aromatic heterocycles. The molecule has 5 rings (SSSR count). The minimum absolute atomic E-state index is 0.303. The van der Waals surface area contributed by atoms with Crippen LogP contribution in [0.1, 0.15) is 32.6 Å². The molecule has 2 atom stereocenters. The summed E-state index contributed by atoms with van der Waals surface area (Å²) in [5.41, 5.74) is 13.5. The minimum atomic E-state index is 0.303. The van der Waals surface area contributed by atoms with Gasteiger partial charge in [-0.3, -0.25) is 4.40 Å². The second kappa shape index (κ2) is 7.59. The predicted octanol–water partition coefficient (Wildman–Crippen LogP) is 3.85. The predicted molar refractivity (Wildman–Crippen MR) is 121 cm³/mol. The maximum Gasteiger partial charge on any atom is 0.211 e. The van der Waals surface area contributed by atoms with Gasteiger partial charge in [0.05, 0.1) is 9.92 Å². The van der Waals surface area contributed by atoms with Gasteiger partial charge in [0.2, 0.25) is 5.95 Å². The molecule has 2 unspecified atom stereocenters. The SMILES string of the molecule is CC1CC(N)C2(CCN(c3ncc(Sc4ccnc(N)c4Cl)c4nccn34)CC2)C1. The summed E-state index contributed by atoms with van der Waals surface area (Å²) < 4.78 is 2.07. The number of nitrogens with zero attached hydrogens (tertiary/aromatic N) is 5. The first kappa shape index (κ1) is 19.9. The summed E-state index contributed by atoms with van der Waals surface area (Å²) >= 11 is 7.83. The lowest BCUT2D eigenvalue weighted by molar-refractivity contribution is 0.192. The third-order valence-corrected chi connectivity index (χ3v) is 8.29. The number of aromatic nitrogens is 4. The Hall–Kier alpha value is -2.03. The molecule has 1 saturated heterocycles. The van der Waals surface area contributed by atoms with E-state index < -0.39 is 0 Å². The zero-order chi connectivity index (χ0) is 20.9. The molecule has 0 bridgehead atoms. The van der Waals surface area contributed by atoms with Crippen LogP contribution in [0.2, 0.25) is 5.02 Å². The van der Waals surface area contributed by atoms with Gasteiger partial charge < -0.3 is 16.4 Å². The Morgan fingerprint density at radius 3 is 2.70 bits per heavy atom. The standard InChI is InChI=1S/C21H26ClN7S/c1-13-10-16(23)21(11-13)3-7-28(8-4-21)20-27-12-15(19-26-6-9-29(19)20)30-14-2-5-25-18(24)17(14)22/h2,5-6,9,12-13,16H,3-4,7-8,10-11,23H2,1H3,(H2,24,25). The number of anilines is 2. The van der Waals surface area contributed by atoms with Gasteiger partial charge in [0.25, 0.3) is 0 Å². The fraction of sp³-hybridized carbons (Fsp3) is 0.476. The second-order valence-electron chi connectivity index (χ2n) is 8.65. The highest BCUT2D eigenvalue weighted by Crippen LogP contribution is 2.48. The molecular weight excluding hydrogens is 418 g/mol. The van der Waals surface area contributed by atoms with Crippen molar-refractivity contribution in [1.82, 2.24) is 19.4 Å². The van der Waals surface area contributed by atoms with E-state index >= 15 is 0 Å². The Bertz CT molecular complexity index is 1080. The normalized spacial score (nSPS) is 23.5. The van der Waals surface area contributed by atoms with Crippen molar-refractivity contribution in [2.24, 2.45) is 17.1 Å². The van der Waals surface area contributed by atoms with E-state index in [1.165, 1.54) is 18.2 Å². The van der Waals surface area contributed by atoms with Crippen molar-refractivity contribution in [2.75, 3.05) is 23.7 Å². The molecule has 9 heteroatoms. The number of nitrogen functional groups attached to an aromatic ring is 1. The number of halogens is 1. The van der Waals surface area contributed by atoms with E-state index in [0.717, 1.165) is 59.7 Å². The third-order valence-electron chi connectivity index (χ3n) is 6.71. The molecule has 30 heavy (non-hydrogen) atoms. The van der Waals surface area contributed by atoms with Crippen LogP contribution in [0.25, 0.3) is 5.65 Å². The maximum absolute atomic E-state index is 6.53. The van der Waals surface area contributed by atoms with Crippen LogP contribution in [0.5, 0.6) is 0 Å². The smallest absolute Gasteiger partial charge is 0.211 e. The van der Waals surface area contributed by atoms with E-state index in [4.69, 9.17) is 28.1 Å². The number of piperidine rings is 1. The van der Waals surface area contributed by atoms with Gasteiger partial charge >= 0.3 is 0 Å². The van der Waals surface area contributed by atoms with Gasteiger partial charge in [-0.1, -0.05) is 30.3 Å². The Morgan fingerprint density at radius 1 is 1.17 bits per heavy atom. The van der Waals surface area contributed by atoms with Gasteiger partial charge in [-0.2, -0.15) is 0 Å². The van der Waals surface area contributed by atoms with Gasteiger partial charge in [-0.05, 0) is 43.1 Å². The first-order valence-corrected chi connectivity index (χ1v) is 11.6. The van der Waals surface area contributed by atoms with E-state index in [1.807, 2.05) is 24.7 Å². The second-order valence-corrected chi connectivity index (χ2v) is 10.1. The highest BCUT2D eigenvalue weighted by atomic mass is 35.5. The van der Waals surface area contributed by atoms with Gasteiger partial charge in [-0.15, -0.1) is 0 Å². The van der Waals surface area contributed by atoms with Gasteiger partial charge in [0, 0.05) is 48.8 Å². The van der Waals surface area contributed by atoms with Crippen molar-refractivity contribution < 1.29 is 0 Å². The van der Waals surface area contributed by atoms with E-state index in [9.17, 15) is 0 Å². The highest BCUT2D eigenvalue weighted by molar-refractivity contribution is 7.99. The Labute approximate surface area is 185 Å². The van der Waals surface area contributed by atoms with Gasteiger partial charge in [-0.25, -0.2) is 15.0 Å². The molecule has 2 aliphatic rings. The lowest BCUT2D eigenvalue weighted by Gasteiger charge is -2.42. The first-order valence-electron chi connectivity index (χ1n) is 10.4. The summed E-state index contributed by atoms with van der Waals surface area (Å²) in [6.45, 7) is 4.27. The van der Waals surface area contributed by atoms with Crippen LogP contribution in [0.15, 0.2) is 40.6 Å². The monoisotopic (exact) mass is 443 g/mol. The van der Waals surface area contributed by atoms with Crippen molar-refractivity contribution in [3.63, 3.8) is 0 Å². The number of nitrogens with two attached hydrogens (primary N) is 2. The van der Waals surface area contributed by atoms with Crippen molar-refractivity contribution >= 4 is 40.8 Å². The molecule has 1 aliphatic carbocycles. The molecule has 2 fully saturated rings. The Morgan fingerprint density at radius 2 is 1.97 bits per heavy atom. The van der Waals surface area contributed by atoms with Crippen LogP contribution in [-0.4, -0.2) is 38.5 Å². The van der Waals surface area contributed by atoms with Crippen molar-refractivity contribution in [1.29, 1.82) is 0 Å². The molecule has 158 valence electrons. The molecule has 1 spiro atoms. The summed E-state index contributed by atoms with van der Waals surface area (Å²) in [7, 11) is 0. The molecule has 0 amide bonds. The summed E-state index contributed by atoms with van der Waals surface area (Å²) in [6, 6.07) is 2.18. The fourth-order valence-corrected chi connectivity index (χ4v) is 6.30. The van der Waals surface area contributed by atoms with E-state index in [-0.39, 0.29) is 0 Å². The molecule has 3 aromatic rings. The number of pyridine rings is 1. The largest absolute Gasteiger partial charge is 0.382 e. The minimum Gasteiger partial charge on any atom is -0.382 e. The quantitative estimate of drug-likeness (QED) is 0.634. The van der Waals surface area contributed by atoms with Crippen LogP contribution in [0.4, 0.5) is 11.8 Å². The van der Waals surface area contributed by atoms with E-state index in [1.54, 1.807) is 6.20 Å². The Kier molecular flexibility index (Phi) is 5.03. The third kappa shape index (κ3) is 3.31. The molecule has 4 N–H and O–H groups in total. The highest BCUT2D eigenvalue weighted by Gasteiger charge is 2.45. The molecular formula is C21H26ClN7S. The fourth-order valence-electron chi connectivity index (χ4n) is 5.17. The number of rotatable bonds is 3. The van der Waals surface area contributed by atoms with Crippen LogP contribution < -0.4 is 16.4 Å². The molecule has 0 radical (unpaired) electrons. The van der Waals surface area contributed by atoms with Crippen molar-refractivity contribution in [3.05, 3.63) is 35.9 Å². The average molecular weight is 444 g/mol. The van der Waals surface area contributed by atoms with Crippen LogP contribution in [0, 0.1) is 11.3 Å². The van der Waals surface area contributed by atoms with Gasteiger partial charge in [0.1, 0.15) is 5.82 Å². The topological polar surface area (TPSA) is 98.4 Å². The Balaban J connectivity index is 1.40. The molecule has 4 heterocycles. The zero-order valence-corrected chi connectivity index (χ0v) is 18.5. The number of hydrogen-bond acceptors (Lipinski definition) is 7. The van der Waals surface area contributed by atoms with Gasteiger partial charge in [0.15, 0.2) is 5.65 Å². The molecule has 1 saturated carbocycles. The molecule has 0 aromatic carbocycles. The summed E-state index contributed by atoms with van der Waals surface area (Å²) in [6.07, 6.45) is 12.0. The lowest BCUT2D eigenvalue weighted by Crippen LogP contribution is -2.47. The first-order chi connectivity index (χ1) is 14.5. The van der Waals surface area contributed by atoms with Crippen LogP contribution in [0.3, 0.4) is 0 Å². The summed E-state index contributed by atoms with van der Waals surface area (Å²) in [5, 5.41) is 0.458. The van der Waals surface area contributed by atoms with Crippen LogP contribution in [-0.2, 0) is 0 Å². The van der Waals surface area contributed by atoms with Crippen molar-refractivity contribution in [3.8, 4) is 0 Å².